The summed E-state index contributed by atoms with van der Waals surface area (Å²) in [5.74, 6) is -0.237. The first kappa shape index (κ1) is 17.0. The number of benzene rings is 2. The Morgan fingerprint density at radius 3 is 2.28 bits per heavy atom. The number of anilines is 1. The van der Waals surface area contributed by atoms with Crippen molar-refractivity contribution in [3.8, 4) is 11.3 Å². The predicted molar refractivity (Wildman–Crippen MR) is 99.3 cm³/mol. The van der Waals surface area contributed by atoms with Crippen LogP contribution in [0, 0.1) is 5.82 Å². The van der Waals surface area contributed by atoms with Crippen LogP contribution in [0.15, 0.2) is 60.7 Å². The average molecular weight is 336 g/mol. The minimum atomic E-state index is -0.274. The molecule has 0 fully saturated rings. The maximum Gasteiger partial charge on any atom is 0.257 e. The van der Waals surface area contributed by atoms with Crippen LogP contribution < -0.4 is 5.32 Å². The zero-order valence-corrected chi connectivity index (χ0v) is 14.6. The number of halogens is 1. The minimum absolute atomic E-state index is 0.140. The molecule has 3 nitrogen and oxygen atoms in total. The van der Waals surface area contributed by atoms with Gasteiger partial charge >= 0.3 is 0 Å². The van der Waals surface area contributed by atoms with E-state index in [0.29, 0.717) is 5.56 Å². The molecule has 3 aromatic rings. The third kappa shape index (κ3) is 3.48. The molecule has 0 aliphatic carbocycles. The van der Waals surface area contributed by atoms with E-state index >= 15 is 0 Å². The van der Waals surface area contributed by atoms with Gasteiger partial charge in [-0.15, -0.1) is 0 Å². The van der Waals surface area contributed by atoms with Gasteiger partial charge in [0, 0.05) is 24.1 Å². The molecule has 0 unspecified atom stereocenters. The van der Waals surface area contributed by atoms with Gasteiger partial charge in [0.25, 0.3) is 5.91 Å². The number of hydrogen-bond donors (Lipinski definition) is 1. The number of nitrogens with one attached hydrogen (secondary N) is 1. The number of para-hydroxylation sites is 1. The Morgan fingerprint density at radius 2 is 1.68 bits per heavy atom. The van der Waals surface area contributed by atoms with Gasteiger partial charge in [-0.3, -0.25) is 4.79 Å². The topological polar surface area (TPSA) is 34.0 Å². The predicted octanol–water partition coefficient (Wildman–Crippen LogP) is 5.21. The van der Waals surface area contributed by atoms with Crippen LogP contribution in [0.5, 0.6) is 0 Å². The molecule has 0 aliphatic heterocycles. The highest BCUT2D eigenvalue weighted by Gasteiger charge is 2.21. The lowest BCUT2D eigenvalue weighted by Gasteiger charge is -2.13. The first-order valence-corrected chi connectivity index (χ1v) is 8.29. The van der Waals surface area contributed by atoms with Crippen LogP contribution in [0.25, 0.3) is 11.3 Å². The molecule has 1 N–H and O–H groups in total. The van der Waals surface area contributed by atoms with Crippen molar-refractivity contribution < 1.29 is 9.18 Å². The van der Waals surface area contributed by atoms with Gasteiger partial charge in [0.05, 0.1) is 5.56 Å². The van der Waals surface area contributed by atoms with Crippen molar-refractivity contribution in [3.05, 3.63) is 77.7 Å². The molecule has 1 heterocycles. The largest absolute Gasteiger partial charge is 0.347 e. The molecule has 25 heavy (non-hydrogen) atoms. The Kier molecular flexibility index (Phi) is 4.70. The van der Waals surface area contributed by atoms with Crippen LogP contribution in [0.1, 0.15) is 35.8 Å². The van der Waals surface area contributed by atoms with Gasteiger partial charge < -0.3 is 9.88 Å². The van der Waals surface area contributed by atoms with E-state index in [-0.39, 0.29) is 17.6 Å². The second-order valence-electron chi connectivity index (χ2n) is 6.37. The molecular weight excluding hydrogens is 315 g/mol. The van der Waals surface area contributed by atoms with Gasteiger partial charge in [-0.05, 0) is 53.9 Å². The van der Waals surface area contributed by atoms with Crippen molar-refractivity contribution >= 4 is 11.6 Å². The molecule has 0 saturated carbocycles. The van der Waals surface area contributed by atoms with Gasteiger partial charge in [0.1, 0.15) is 5.82 Å². The summed E-state index contributed by atoms with van der Waals surface area (Å²) < 4.78 is 15.2. The van der Waals surface area contributed by atoms with E-state index in [1.54, 1.807) is 12.1 Å². The van der Waals surface area contributed by atoms with E-state index in [0.717, 1.165) is 22.6 Å². The Hall–Kier alpha value is -2.88. The lowest BCUT2D eigenvalue weighted by molar-refractivity contribution is 0.102. The third-order valence-electron chi connectivity index (χ3n) is 4.24. The molecule has 2 aromatic carbocycles. The average Bonchev–Trinajstić information content (AvgIpc) is 2.94. The summed E-state index contributed by atoms with van der Waals surface area (Å²) in [6.45, 7) is 4.12. The zero-order chi connectivity index (χ0) is 18.0. The van der Waals surface area contributed by atoms with Crippen molar-refractivity contribution in [1.29, 1.82) is 0 Å². The molecule has 128 valence electrons. The van der Waals surface area contributed by atoms with Crippen molar-refractivity contribution in [2.45, 2.75) is 19.8 Å². The summed E-state index contributed by atoms with van der Waals surface area (Å²) in [7, 11) is 1.94. The number of carbonyl (C=O) groups excluding carboxylic acids is 1. The Bertz CT molecular complexity index is 880. The molecule has 0 atom stereocenters. The first-order chi connectivity index (χ1) is 12.0. The molecule has 0 spiro atoms. The van der Waals surface area contributed by atoms with Crippen LogP contribution in [0.4, 0.5) is 10.1 Å². The molecule has 1 amide bonds. The monoisotopic (exact) mass is 336 g/mol. The Morgan fingerprint density at radius 1 is 1.04 bits per heavy atom. The van der Waals surface area contributed by atoms with Gasteiger partial charge in [0.2, 0.25) is 0 Å². The highest BCUT2D eigenvalue weighted by molar-refractivity contribution is 6.06. The maximum absolute atomic E-state index is 13.2. The SMILES string of the molecule is CC(C)c1c(C(=O)Nc2ccccc2)cc(-c2ccc(F)cc2)n1C. The fourth-order valence-electron chi connectivity index (χ4n) is 3.12. The lowest BCUT2D eigenvalue weighted by atomic mass is 10.1. The number of carbonyl (C=O) groups is 1. The standard InChI is InChI=1S/C21H21FN2O/c1-14(2)20-18(21(25)23-17-7-5-4-6-8-17)13-19(24(20)3)15-9-11-16(22)12-10-15/h4-14H,1-3H3,(H,23,25). The molecule has 0 radical (unpaired) electrons. The van der Waals surface area contributed by atoms with Gasteiger partial charge in [-0.1, -0.05) is 32.0 Å². The van der Waals surface area contributed by atoms with Gasteiger partial charge in [-0.25, -0.2) is 4.39 Å². The number of amides is 1. The fourth-order valence-corrected chi connectivity index (χ4v) is 3.12. The lowest BCUT2D eigenvalue weighted by Crippen LogP contribution is -2.14. The smallest absolute Gasteiger partial charge is 0.257 e. The van der Waals surface area contributed by atoms with E-state index in [1.165, 1.54) is 12.1 Å². The summed E-state index contributed by atoms with van der Waals surface area (Å²) in [6.07, 6.45) is 0. The normalized spacial score (nSPS) is 10.9. The van der Waals surface area contributed by atoms with Crippen LogP contribution >= 0.6 is 0 Å². The number of rotatable bonds is 4. The van der Waals surface area contributed by atoms with E-state index in [4.69, 9.17) is 0 Å². The summed E-state index contributed by atoms with van der Waals surface area (Å²) in [5.41, 5.74) is 4.12. The van der Waals surface area contributed by atoms with Crippen molar-refractivity contribution in [1.82, 2.24) is 4.57 Å². The molecule has 0 aliphatic rings. The van der Waals surface area contributed by atoms with Gasteiger partial charge in [0.15, 0.2) is 0 Å². The number of aromatic nitrogens is 1. The highest BCUT2D eigenvalue weighted by Crippen LogP contribution is 2.30. The molecular formula is C21H21FN2O. The van der Waals surface area contributed by atoms with Crippen molar-refractivity contribution in [2.75, 3.05) is 5.32 Å². The van der Waals surface area contributed by atoms with E-state index < -0.39 is 0 Å². The summed E-state index contributed by atoms with van der Waals surface area (Å²) in [5, 5.41) is 2.94. The van der Waals surface area contributed by atoms with E-state index in [9.17, 15) is 9.18 Å². The number of nitrogens with zero attached hydrogens (tertiary/aromatic N) is 1. The molecule has 4 heteroatoms. The third-order valence-corrected chi connectivity index (χ3v) is 4.24. The summed E-state index contributed by atoms with van der Waals surface area (Å²) >= 11 is 0. The molecule has 0 saturated heterocycles. The summed E-state index contributed by atoms with van der Waals surface area (Å²) in [6, 6.07) is 17.6. The number of hydrogen-bond acceptors (Lipinski definition) is 1. The second kappa shape index (κ2) is 6.93. The van der Waals surface area contributed by atoms with Gasteiger partial charge in [-0.2, -0.15) is 0 Å². The Balaban J connectivity index is 2.02. The molecule has 3 rings (SSSR count). The quantitative estimate of drug-likeness (QED) is 0.697. The highest BCUT2D eigenvalue weighted by atomic mass is 19.1. The fraction of sp³-hybridized carbons (Fsp3) is 0.190. The summed E-state index contributed by atoms with van der Waals surface area (Å²) in [4.78, 5) is 12.8. The second-order valence-corrected chi connectivity index (χ2v) is 6.37. The van der Waals surface area contributed by atoms with Crippen molar-refractivity contribution in [3.63, 3.8) is 0 Å². The van der Waals surface area contributed by atoms with E-state index in [2.05, 4.69) is 19.2 Å². The van der Waals surface area contributed by atoms with Crippen LogP contribution in [0.2, 0.25) is 0 Å². The van der Waals surface area contributed by atoms with E-state index in [1.807, 2.05) is 48.0 Å². The zero-order valence-electron chi connectivity index (χ0n) is 14.6. The van der Waals surface area contributed by atoms with Crippen LogP contribution in [-0.2, 0) is 7.05 Å². The molecule has 0 bridgehead atoms. The maximum atomic E-state index is 13.2. The first-order valence-electron chi connectivity index (χ1n) is 8.29. The Labute approximate surface area is 147 Å². The minimum Gasteiger partial charge on any atom is -0.347 e. The molecule has 1 aromatic heterocycles. The van der Waals surface area contributed by atoms with Crippen LogP contribution in [0.3, 0.4) is 0 Å². The van der Waals surface area contributed by atoms with Crippen LogP contribution in [-0.4, -0.2) is 10.5 Å². The van der Waals surface area contributed by atoms with Crippen molar-refractivity contribution in [2.24, 2.45) is 7.05 Å².